The van der Waals surface area contributed by atoms with Crippen LogP contribution >= 0.6 is 12.2 Å². The molecule has 1 spiro atoms. The Hall–Kier alpha value is -1.37. The van der Waals surface area contributed by atoms with Crippen LogP contribution in [0.2, 0.25) is 0 Å². The standard InChI is InChI=1S/C16H22N2O3S/c1-2-19-14-6-4-3-5-13(14)17-15(22)18-9-7-16(8-10-18)20-11-12-21-16/h3-6H,2,7-12H2,1H3,(H,17,22). The number of rotatable bonds is 3. The van der Waals surface area contributed by atoms with Gasteiger partial charge in [-0.3, -0.25) is 0 Å². The molecule has 120 valence electrons. The molecular weight excluding hydrogens is 300 g/mol. The van der Waals surface area contributed by atoms with Crippen LogP contribution in [0.3, 0.4) is 0 Å². The van der Waals surface area contributed by atoms with E-state index in [2.05, 4.69) is 10.2 Å². The maximum absolute atomic E-state index is 5.75. The van der Waals surface area contributed by atoms with E-state index < -0.39 is 0 Å². The number of thiocarbonyl (C=S) groups is 1. The van der Waals surface area contributed by atoms with Crippen LogP contribution in [-0.4, -0.2) is 48.7 Å². The number of likely N-dealkylation sites (tertiary alicyclic amines) is 1. The van der Waals surface area contributed by atoms with Crippen molar-refractivity contribution in [2.24, 2.45) is 0 Å². The molecule has 1 aromatic rings. The zero-order valence-electron chi connectivity index (χ0n) is 12.8. The van der Waals surface area contributed by atoms with E-state index >= 15 is 0 Å². The molecule has 1 N–H and O–H groups in total. The molecule has 0 aromatic heterocycles. The molecule has 0 atom stereocenters. The Kier molecular flexibility index (Phi) is 4.81. The lowest BCUT2D eigenvalue weighted by atomic mass is 10.0. The molecule has 0 amide bonds. The van der Waals surface area contributed by atoms with Gasteiger partial charge >= 0.3 is 0 Å². The van der Waals surface area contributed by atoms with Crippen molar-refractivity contribution in [3.63, 3.8) is 0 Å². The van der Waals surface area contributed by atoms with Crippen LogP contribution in [0, 0.1) is 0 Å². The van der Waals surface area contributed by atoms with E-state index in [9.17, 15) is 0 Å². The molecule has 2 saturated heterocycles. The third-order valence-corrected chi connectivity index (χ3v) is 4.41. The molecule has 0 bridgehead atoms. The summed E-state index contributed by atoms with van der Waals surface area (Å²) in [5.41, 5.74) is 0.906. The summed E-state index contributed by atoms with van der Waals surface area (Å²) in [6.45, 7) is 5.67. The Morgan fingerprint density at radius 2 is 1.95 bits per heavy atom. The van der Waals surface area contributed by atoms with E-state index in [1.54, 1.807) is 0 Å². The highest BCUT2D eigenvalue weighted by atomic mass is 32.1. The molecule has 2 fully saturated rings. The number of benzene rings is 1. The zero-order valence-corrected chi connectivity index (χ0v) is 13.7. The normalized spacial score (nSPS) is 20.1. The molecule has 1 aromatic carbocycles. The van der Waals surface area contributed by atoms with Crippen LogP contribution in [0.15, 0.2) is 24.3 Å². The van der Waals surface area contributed by atoms with E-state index in [0.29, 0.717) is 19.8 Å². The second kappa shape index (κ2) is 6.81. The van der Waals surface area contributed by atoms with Crippen molar-refractivity contribution in [2.75, 3.05) is 38.2 Å². The summed E-state index contributed by atoms with van der Waals surface area (Å²) in [6.07, 6.45) is 1.70. The van der Waals surface area contributed by atoms with E-state index in [4.69, 9.17) is 26.4 Å². The number of ether oxygens (including phenoxy) is 3. The quantitative estimate of drug-likeness (QED) is 0.863. The fraction of sp³-hybridized carbons (Fsp3) is 0.562. The lowest BCUT2D eigenvalue weighted by Crippen LogP contribution is -2.48. The number of hydrogen-bond donors (Lipinski definition) is 1. The van der Waals surface area contributed by atoms with E-state index in [1.165, 1.54) is 0 Å². The van der Waals surface area contributed by atoms with Crippen molar-refractivity contribution in [1.82, 2.24) is 4.90 Å². The Balaban J connectivity index is 1.59. The minimum Gasteiger partial charge on any atom is -0.492 e. The highest BCUT2D eigenvalue weighted by Crippen LogP contribution is 2.32. The van der Waals surface area contributed by atoms with E-state index in [1.807, 2.05) is 31.2 Å². The van der Waals surface area contributed by atoms with Crippen molar-refractivity contribution < 1.29 is 14.2 Å². The maximum Gasteiger partial charge on any atom is 0.173 e. The molecule has 0 radical (unpaired) electrons. The molecule has 2 aliphatic rings. The van der Waals surface area contributed by atoms with Crippen molar-refractivity contribution in [1.29, 1.82) is 0 Å². The van der Waals surface area contributed by atoms with Crippen molar-refractivity contribution >= 4 is 23.0 Å². The lowest BCUT2D eigenvalue weighted by Gasteiger charge is -2.38. The van der Waals surface area contributed by atoms with Gasteiger partial charge in [0.2, 0.25) is 0 Å². The molecule has 0 aliphatic carbocycles. The Morgan fingerprint density at radius 3 is 2.64 bits per heavy atom. The van der Waals surface area contributed by atoms with Gasteiger partial charge in [0.05, 0.1) is 25.5 Å². The summed E-state index contributed by atoms with van der Waals surface area (Å²) in [4.78, 5) is 2.16. The summed E-state index contributed by atoms with van der Waals surface area (Å²) >= 11 is 5.54. The molecular formula is C16H22N2O3S. The largest absolute Gasteiger partial charge is 0.492 e. The number of para-hydroxylation sites is 2. The van der Waals surface area contributed by atoms with Gasteiger partial charge in [0.15, 0.2) is 10.9 Å². The van der Waals surface area contributed by atoms with Crippen LogP contribution in [0.4, 0.5) is 5.69 Å². The second-order valence-corrected chi connectivity index (χ2v) is 5.84. The van der Waals surface area contributed by atoms with Gasteiger partial charge in [-0.15, -0.1) is 0 Å². The first kappa shape index (κ1) is 15.5. The summed E-state index contributed by atoms with van der Waals surface area (Å²) in [7, 11) is 0. The second-order valence-electron chi connectivity index (χ2n) is 5.45. The molecule has 2 heterocycles. The Bertz CT molecular complexity index is 522. The maximum atomic E-state index is 5.75. The average Bonchev–Trinajstić information content (AvgIpc) is 2.98. The van der Waals surface area contributed by atoms with Gasteiger partial charge in [-0.1, -0.05) is 12.1 Å². The smallest absolute Gasteiger partial charge is 0.173 e. The van der Waals surface area contributed by atoms with E-state index in [-0.39, 0.29) is 5.79 Å². The topological polar surface area (TPSA) is 43.0 Å². The van der Waals surface area contributed by atoms with Gasteiger partial charge < -0.3 is 24.4 Å². The van der Waals surface area contributed by atoms with Crippen molar-refractivity contribution in [3.8, 4) is 5.75 Å². The Labute approximate surface area is 136 Å². The molecule has 0 unspecified atom stereocenters. The summed E-state index contributed by atoms with van der Waals surface area (Å²) in [6, 6.07) is 7.85. The summed E-state index contributed by atoms with van der Waals surface area (Å²) in [5.74, 6) is 0.457. The fourth-order valence-electron chi connectivity index (χ4n) is 2.88. The fourth-order valence-corrected chi connectivity index (χ4v) is 3.17. The van der Waals surface area contributed by atoms with Gasteiger partial charge in [-0.2, -0.15) is 0 Å². The molecule has 22 heavy (non-hydrogen) atoms. The number of hydrogen-bond acceptors (Lipinski definition) is 4. The van der Waals surface area contributed by atoms with Gasteiger partial charge in [0, 0.05) is 25.9 Å². The third kappa shape index (κ3) is 3.34. The predicted molar refractivity (Wildman–Crippen MR) is 89.3 cm³/mol. The van der Waals surface area contributed by atoms with Crippen LogP contribution in [0.25, 0.3) is 0 Å². The van der Waals surface area contributed by atoms with Crippen LogP contribution in [0.1, 0.15) is 19.8 Å². The number of anilines is 1. The molecule has 2 aliphatic heterocycles. The third-order valence-electron chi connectivity index (χ3n) is 4.05. The summed E-state index contributed by atoms with van der Waals surface area (Å²) in [5, 5.41) is 4.02. The summed E-state index contributed by atoms with van der Waals surface area (Å²) < 4.78 is 17.1. The molecule has 3 rings (SSSR count). The first-order valence-electron chi connectivity index (χ1n) is 7.78. The first-order valence-corrected chi connectivity index (χ1v) is 8.19. The van der Waals surface area contributed by atoms with Crippen LogP contribution in [-0.2, 0) is 9.47 Å². The van der Waals surface area contributed by atoms with Gasteiger partial charge in [0.1, 0.15) is 5.75 Å². The lowest BCUT2D eigenvalue weighted by molar-refractivity contribution is -0.180. The number of nitrogens with one attached hydrogen (secondary N) is 1. The zero-order chi connectivity index (χ0) is 15.4. The predicted octanol–water partition coefficient (Wildman–Crippen LogP) is 2.62. The SMILES string of the molecule is CCOc1ccccc1NC(=S)N1CCC2(CC1)OCCO2. The monoisotopic (exact) mass is 322 g/mol. The minimum atomic E-state index is -0.366. The Morgan fingerprint density at radius 1 is 1.27 bits per heavy atom. The number of piperidine rings is 1. The molecule has 0 saturated carbocycles. The van der Waals surface area contributed by atoms with Gasteiger partial charge in [-0.05, 0) is 31.3 Å². The minimum absolute atomic E-state index is 0.366. The van der Waals surface area contributed by atoms with Crippen molar-refractivity contribution in [2.45, 2.75) is 25.6 Å². The van der Waals surface area contributed by atoms with Crippen LogP contribution < -0.4 is 10.1 Å². The van der Waals surface area contributed by atoms with Crippen molar-refractivity contribution in [3.05, 3.63) is 24.3 Å². The number of nitrogens with zero attached hydrogens (tertiary/aromatic N) is 1. The molecule has 5 nitrogen and oxygen atoms in total. The van der Waals surface area contributed by atoms with Gasteiger partial charge in [-0.25, -0.2) is 0 Å². The molecule has 6 heteroatoms. The highest BCUT2D eigenvalue weighted by molar-refractivity contribution is 7.80. The van der Waals surface area contributed by atoms with Gasteiger partial charge in [0.25, 0.3) is 0 Å². The first-order chi connectivity index (χ1) is 10.7. The highest BCUT2D eigenvalue weighted by Gasteiger charge is 2.40. The van der Waals surface area contributed by atoms with Crippen LogP contribution in [0.5, 0.6) is 5.75 Å². The average molecular weight is 322 g/mol. The van der Waals surface area contributed by atoms with E-state index in [0.717, 1.165) is 42.5 Å².